The number of hydrogen-bond donors (Lipinski definition) is 0. The zero-order valence-corrected chi connectivity index (χ0v) is 7.21. The van der Waals surface area contributed by atoms with E-state index in [4.69, 9.17) is 0 Å². The molecule has 0 N–H and O–H groups in total. The molecule has 0 heterocycles. The molecule has 1 rings (SSSR count). The first-order valence-corrected chi connectivity index (χ1v) is 3.63. The minimum absolute atomic E-state index is 0.350. The van der Waals surface area contributed by atoms with Gasteiger partial charge < -0.3 is 4.74 Å². The molecule has 15 heavy (non-hydrogen) atoms. The summed E-state index contributed by atoms with van der Waals surface area (Å²) in [7, 11) is 0.562. The fourth-order valence-corrected chi connectivity index (χ4v) is 1.08. The molecule has 8 heteroatoms. The molecule has 1 unspecified atom stereocenters. The maximum atomic E-state index is 12.7. The lowest BCUT2D eigenvalue weighted by molar-refractivity contribution is -0.323. The van der Waals surface area contributed by atoms with Gasteiger partial charge in [0.2, 0.25) is 0 Å². The number of rotatable bonds is 1. The Morgan fingerprint density at radius 1 is 1.13 bits per heavy atom. The molecule has 0 aliphatic heterocycles. The molecule has 1 atom stereocenters. The molecular formula is C7H5F7O. The van der Waals surface area contributed by atoms with Gasteiger partial charge in [-0.25, -0.2) is 4.39 Å². The summed E-state index contributed by atoms with van der Waals surface area (Å²) < 4.78 is 91.9. The van der Waals surface area contributed by atoms with Gasteiger partial charge in [0.1, 0.15) is 0 Å². The van der Waals surface area contributed by atoms with Gasteiger partial charge in [-0.05, 0) is 0 Å². The van der Waals surface area contributed by atoms with E-state index in [1.807, 2.05) is 0 Å². The average Bonchev–Trinajstić information content (AvgIpc) is 2.10. The van der Waals surface area contributed by atoms with Gasteiger partial charge in [0.05, 0.1) is 7.11 Å². The highest BCUT2D eigenvalue weighted by Gasteiger charge is 2.78. The van der Waals surface area contributed by atoms with E-state index in [0.29, 0.717) is 7.11 Å². The van der Waals surface area contributed by atoms with Gasteiger partial charge in [-0.1, -0.05) is 0 Å². The summed E-state index contributed by atoms with van der Waals surface area (Å²) in [5.74, 6) is -18.3. The predicted molar refractivity (Wildman–Crippen MR) is 34.8 cm³/mol. The molecule has 88 valence electrons. The lowest BCUT2D eigenvalue weighted by Gasteiger charge is -2.37. The van der Waals surface area contributed by atoms with E-state index in [1.165, 1.54) is 0 Å². The Kier molecular flexibility index (Phi) is 2.44. The van der Waals surface area contributed by atoms with Crippen LogP contribution in [0.5, 0.6) is 0 Å². The average molecular weight is 238 g/mol. The second-order valence-electron chi connectivity index (χ2n) is 2.91. The molecule has 0 bridgehead atoms. The Balaban J connectivity index is 3.35. The van der Waals surface area contributed by atoms with Crippen LogP contribution in [0.15, 0.2) is 11.8 Å². The Morgan fingerprint density at radius 2 is 1.60 bits per heavy atom. The van der Waals surface area contributed by atoms with E-state index < -0.39 is 29.7 Å². The van der Waals surface area contributed by atoms with E-state index >= 15 is 0 Å². The second-order valence-corrected chi connectivity index (χ2v) is 2.91. The molecule has 0 amide bonds. The lowest BCUT2D eigenvalue weighted by atomic mass is 9.92. The summed E-state index contributed by atoms with van der Waals surface area (Å²) in [6.07, 6.45) is -3.86. The highest BCUT2D eigenvalue weighted by molar-refractivity contribution is 5.24. The van der Waals surface area contributed by atoms with Gasteiger partial charge in [0.25, 0.3) is 0 Å². The maximum absolute atomic E-state index is 12.7. The fourth-order valence-electron chi connectivity index (χ4n) is 1.08. The van der Waals surface area contributed by atoms with Gasteiger partial charge in [-0.3, -0.25) is 0 Å². The van der Waals surface area contributed by atoms with E-state index in [0.717, 1.165) is 0 Å². The third kappa shape index (κ3) is 1.30. The number of ether oxygens (including phenoxy) is 1. The van der Waals surface area contributed by atoms with Crippen LogP contribution in [0.4, 0.5) is 30.7 Å². The van der Waals surface area contributed by atoms with Crippen LogP contribution in [-0.2, 0) is 4.74 Å². The molecule has 0 aromatic heterocycles. The molecule has 0 saturated carbocycles. The van der Waals surface area contributed by atoms with Crippen molar-refractivity contribution in [3.63, 3.8) is 0 Å². The highest BCUT2D eigenvalue weighted by Crippen LogP contribution is 2.54. The molecule has 0 saturated heterocycles. The number of hydrogen-bond acceptors (Lipinski definition) is 1. The van der Waals surface area contributed by atoms with Crippen molar-refractivity contribution < 1.29 is 35.5 Å². The second kappa shape index (κ2) is 3.02. The van der Waals surface area contributed by atoms with Crippen molar-refractivity contribution in [1.29, 1.82) is 0 Å². The van der Waals surface area contributed by atoms with Gasteiger partial charge in [-0.15, -0.1) is 0 Å². The summed E-state index contributed by atoms with van der Waals surface area (Å²) in [6, 6.07) is 0. The SMILES string of the molecule is COC1=CC(F)C(F)(F)C(F)(F)C1(F)F. The van der Waals surface area contributed by atoms with Crippen molar-refractivity contribution in [3.8, 4) is 0 Å². The number of alkyl halides is 7. The van der Waals surface area contributed by atoms with Gasteiger partial charge in [-0.2, -0.15) is 26.3 Å². The van der Waals surface area contributed by atoms with E-state index in [-0.39, 0.29) is 6.08 Å². The standard InChI is InChI=1S/C7H5F7O/c1-15-4-2-3(8)5(9,10)7(13,14)6(4,11)12/h2-3H,1H3. The first kappa shape index (κ1) is 12.1. The predicted octanol–water partition coefficient (Wildman–Crippen LogP) is 2.77. The third-order valence-corrected chi connectivity index (χ3v) is 1.99. The lowest BCUT2D eigenvalue weighted by Crippen LogP contribution is -2.61. The maximum Gasteiger partial charge on any atom is 0.382 e. The first-order valence-electron chi connectivity index (χ1n) is 3.63. The van der Waals surface area contributed by atoms with Gasteiger partial charge in [0.15, 0.2) is 11.9 Å². The largest absolute Gasteiger partial charge is 0.495 e. The summed E-state index contributed by atoms with van der Waals surface area (Å²) in [6.45, 7) is 0. The van der Waals surface area contributed by atoms with Crippen LogP contribution in [0.2, 0.25) is 0 Å². The highest BCUT2D eigenvalue weighted by atomic mass is 19.3. The van der Waals surface area contributed by atoms with Crippen molar-refractivity contribution in [2.24, 2.45) is 0 Å². The normalized spacial score (nSPS) is 32.0. The summed E-state index contributed by atoms with van der Waals surface area (Å²) in [4.78, 5) is 0. The molecule has 0 aromatic carbocycles. The first-order chi connectivity index (χ1) is 6.59. The van der Waals surface area contributed by atoms with Crippen molar-refractivity contribution in [2.45, 2.75) is 23.9 Å². The van der Waals surface area contributed by atoms with Crippen LogP contribution < -0.4 is 0 Å². The molecule has 0 aromatic rings. The fraction of sp³-hybridized carbons (Fsp3) is 0.714. The van der Waals surface area contributed by atoms with Gasteiger partial charge >= 0.3 is 17.8 Å². The van der Waals surface area contributed by atoms with E-state index in [1.54, 1.807) is 0 Å². The minimum Gasteiger partial charge on any atom is -0.495 e. The third-order valence-electron chi connectivity index (χ3n) is 1.99. The van der Waals surface area contributed by atoms with Crippen LogP contribution in [0.3, 0.4) is 0 Å². The molecule has 0 radical (unpaired) electrons. The van der Waals surface area contributed by atoms with Crippen molar-refractivity contribution in [2.75, 3.05) is 7.11 Å². The molecule has 0 fully saturated rings. The Labute approximate surface area is 79.5 Å². The number of allylic oxidation sites excluding steroid dienone is 2. The zero-order chi connectivity index (χ0) is 12.1. The van der Waals surface area contributed by atoms with Crippen molar-refractivity contribution in [1.82, 2.24) is 0 Å². The molecular weight excluding hydrogens is 233 g/mol. The minimum atomic E-state index is -5.82. The molecule has 1 aliphatic carbocycles. The van der Waals surface area contributed by atoms with Crippen molar-refractivity contribution >= 4 is 0 Å². The van der Waals surface area contributed by atoms with Crippen LogP contribution >= 0.6 is 0 Å². The van der Waals surface area contributed by atoms with Crippen LogP contribution in [0.1, 0.15) is 0 Å². The zero-order valence-electron chi connectivity index (χ0n) is 7.21. The summed E-state index contributed by atoms with van der Waals surface area (Å²) >= 11 is 0. The smallest absolute Gasteiger partial charge is 0.382 e. The Morgan fingerprint density at radius 3 is 2.00 bits per heavy atom. The quantitative estimate of drug-likeness (QED) is 0.638. The number of halogens is 7. The van der Waals surface area contributed by atoms with Crippen LogP contribution in [0, 0.1) is 0 Å². The molecule has 0 spiro atoms. The van der Waals surface area contributed by atoms with E-state index in [2.05, 4.69) is 4.74 Å². The van der Waals surface area contributed by atoms with Crippen LogP contribution in [-0.4, -0.2) is 31.0 Å². The topological polar surface area (TPSA) is 9.23 Å². The molecule has 1 aliphatic rings. The Bertz CT molecular complexity index is 296. The van der Waals surface area contributed by atoms with Gasteiger partial charge in [0, 0.05) is 6.08 Å². The van der Waals surface area contributed by atoms with Crippen molar-refractivity contribution in [3.05, 3.63) is 11.8 Å². The Hall–Kier alpha value is -0.950. The summed E-state index contributed by atoms with van der Waals surface area (Å²) in [5, 5.41) is 0. The van der Waals surface area contributed by atoms with E-state index in [9.17, 15) is 30.7 Å². The number of methoxy groups -OCH3 is 1. The molecule has 1 nitrogen and oxygen atoms in total. The van der Waals surface area contributed by atoms with Crippen LogP contribution in [0.25, 0.3) is 0 Å². The monoisotopic (exact) mass is 238 g/mol. The summed E-state index contributed by atoms with van der Waals surface area (Å²) in [5.41, 5.74) is 0.